The number of rotatable bonds is 7. The summed E-state index contributed by atoms with van der Waals surface area (Å²) in [7, 11) is 3.50. The number of benzene rings is 3. The van der Waals surface area contributed by atoms with E-state index in [1.165, 1.54) is 0 Å². The van der Waals surface area contributed by atoms with Crippen molar-refractivity contribution in [2.45, 2.75) is 39.3 Å². The van der Waals surface area contributed by atoms with Gasteiger partial charge in [-0.25, -0.2) is 9.78 Å². The number of methoxy groups -OCH3 is 1. The number of hydrogen-bond donors (Lipinski definition) is 0. The summed E-state index contributed by atoms with van der Waals surface area (Å²) >= 11 is 0. The third kappa shape index (κ3) is 4.82. The van der Waals surface area contributed by atoms with Crippen molar-refractivity contribution in [2.24, 2.45) is 7.05 Å². The molecular formula is C32H33N3O3. The van der Waals surface area contributed by atoms with E-state index in [9.17, 15) is 4.79 Å². The van der Waals surface area contributed by atoms with Crippen LogP contribution in [-0.2, 0) is 25.6 Å². The van der Waals surface area contributed by atoms with Crippen LogP contribution < -0.4 is 15.2 Å². The first-order valence-electron chi connectivity index (χ1n) is 12.8. The molecule has 0 N–H and O–H groups in total. The fraction of sp³-hybridized carbons (Fsp3) is 0.250. The third-order valence-corrected chi connectivity index (χ3v) is 6.89. The van der Waals surface area contributed by atoms with Crippen LogP contribution in [0.2, 0.25) is 0 Å². The lowest BCUT2D eigenvalue weighted by Gasteiger charge is -2.25. The molecule has 0 aliphatic heterocycles. The molecule has 0 spiro atoms. The zero-order valence-corrected chi connectivity index (χ0v) is 22.6. The van der Waals surface area contributed by atoms with Crippen LogP contribution in [0.5, 0.6) is 11.6 Å². The summed E-state index contributed by atoms with van der Waals surface area (Å²) in [6.45, 7) is 7.28. The molecule has 2 aromatic heterocycles. The van der Waals surface area contributed by atoms with Gasteiger partial charge in [0.25, 0.3) is 0 Å². The number of ether oxygens (including phenoxy) is 2. The molecule has 0 aliphatic carbocycles. The molecule has 6 nitrogen and oxygen atoms in total. The van der Waals surface area contributed by atoms with E-state index in [2.05, 4.69) is 37.9 Å². The van der Waals surface area contributed by atoms with Crippen LogP contribution in [0.15, 0.2) is 89.9 Å². The highest BCUT2D eigenvalue weighted by molar-refractivity contribution is 5.77. The predicted molar refractivity (Wildman–Crippen MR) is 152 cm³/mol. The maximum atomic E-state index is 13.3. The maximum Gasteiger partial charge on any atom is 0.329 e. The average Bonchev–Trinajstić information content (AvgIpc) is 3.16. The fourth-order valence-electron chi connectivity index (χ4n) is 4.88. The molecule has 0 saturated carbocycles. The summed E-state index contributed by atoms with van der Waals surface area (Å²) < 4.78 is 15.6. The van der Waals surface area contributed by atoms with Gasteiger partial charge in [0.15, 0.2) is 0 Å². The molecule has 0 saturated heterocycles. The van der Waals surface area contributed by atoms with Gasteiger partial charge in [0, 0.05) is 24.4 Å². The Morgan fingerprint density at radius 3 is 2.29 bits per heavy atom. The number of para-hydroxylation sites is 2. The number of fused-ring (bicyclic) bond motifs is 1. The van der Waals surface area contributed by atoms with E-state index in [1.54, 1.807) is 17.9 Å². The van der Waals surface area contributed by atoms with Gasteiger partial charge in [-0.1, -0.05) is 63.2 Å². The summed E-state index contributed by atoms with van der Waals surface area (Å²) in [5.41, 5.74) is 6.48. The second-order valence-corrected chi connectivity index (χ2v) is 10.5. The molecule has 194 valence electrons. The molecule has 0 radical (unpaired) electrons. The van der Waals surface area contributed by atoms with Crippen LogP contribution in [0.25, 0.3) is 22.2 Å². The highest BCUT2D eigenvalue weighted by atomic mass is 16.5. The van der Waals surface area contributed by atoms with Crippen molar-refractivity contribution in [1.82, 2.24) is 14.1 Å². The van der Waals surface area contributed by atoms with Crippen molar-refractivity contribution < 1.29 is 9.47 Å². The number of imidazole rings is 1. The Morgan fingerprint density at radius 1 is 0.868 bits per heavy atom. The van der Waals surface area contributed by atoms with E-state index < -0.39 is 0 Å². The van der Waals surface area contributed by atoms with E-state index in [-0.39, 0.29) is 11.1 Å². The molecule has 0 aliphatic rings. The Hall–Kier alpha value is -4.32. The van der Waals surface area contributed by atoms with Gasteiger partial charge >= 0.3 is 5.69 Å². The minimum Gasteiger partial charge on any atom is -0.496 e. The predicted octanol–water partition coefficient (Wildman–Crippen LogP) is 6.34. The van der Waals surface area contributed by atoms with Gasteiger partial charge in [-0.2, -0.15) is 0 Å². The zero-order chi connectivity index (χ0) is 26.9. The first-order chi connectivity index (χ1) is 18.3. The van der Waals surface area contributed by atoms with Crippen LogP contribution in [0, 0.1) is 0 Å². The SMILES string of the molecule is COc1cc(Cn2c(=O)n(C)c3ccccc32)c(-c2cccnc2OCc2ccccc2)cc1C(C)(C)C. The van der Waals surface area contributed by atoms with E-state index in [4.69, 9.17) is 9.47 Å². The summed E-state index contributed by atoms with van der Waals surface area (Å²) in [4.78, 5) is 17.9. The minimum atomic E-state index is -0.165. The summed E-state index contributed by atoms with van der Waals surface area (Å²) in [6, 6.07) is 26.1. The van der Waals surface area contributed by atoms with E-state index in [1.807, 2.05) is 78.3 Å². The Morgan fingerprint density at radius 2 is 1.58 bits per heavy atom. The first-order valence-corrected chi connectivity index (χ1v) is 12.8. The van der Waals surface area contributed by atoms with Gasteiger partial charge in [0.05, 0.1) is 24.7 Å². The van der Waals surface area contributed by atoms with Gasteiger partial charge in [-0.3, -0.25) is 9.13 Å². The summed E-state index contributed by atoms with van der Waals surface area (Å²) in [6.07, 6.45) is 1.74. The topological polar surface area (TPSA) is 58.3 Å². The van der Waals surface area contributed by atoms with Gasteiger partial charge in [-0.05, 0) is 58.5 Å². The molecule has 0 bridgehead atoms. The molecule has 5 aromatic rings. The van der Waals surface area contributed by atoms with Gasteiger partial charge in [-0.15, -0.1) is 0 Å². The van der Waals surface area contributed by atoms with Crippen LogP contribution in [-0.4, -0.2) is 21.2 Å². The minimum absolute atomic E-state index is 0.0669. The Bertz CT molecular complexity index is 1640. The molecule has 0 amide bonds. The lowest BCUT2D eigenvalue weighted by molar-refractivity contribution is 0.295. The molecule has 0 unspecified atom stereocenters. The normalized spacial score (nSPS) is 11.6. The molecule has 6 heteroatoms. The third-order valence-electron chi connectivity index (χ3n) is 6.89. The Labute approximate surface area is 223 Å². The smallest absolute Gasteiger partial charge is 0.329 e. The van der Waals surface area contributed by atoms with Crippen LogP contribution in [0.1, 0.15) is 37.5 Å². The van der Waals surface area contributed by atoms with Crippen molar-refractivity contribution in [3.63, 3.8) is 0 Å². The van der Waals surface area contributed by atoms with E-state index in [0.717, 1.165) is 44.6 Å². The molecule has 3 aromatic carbocycles. The number of nitrogens with zero attached hydrogens (tertiary/aromatic N) is 3. The zero-order valence-electron chi connectivity index (χ0n) is 22.6. The number of hydrogen-bond acceptors (Lipinski definition) is 4. The lowest BCUT2D eigenvalue weighted by Crippen LogP contribution is -2.23. The van der Waals surface area contributed by atoms with Crippen molar-refractivity contribution in [3.8, 4) is 22.8 Å². The summed E-state index contributed by atoms with van der Waals surface area (Å²) in [5, 5.41) is 0. The van der Waals surface area contributed by atoms with E-state index >= 15 is 0 Å². The number of aryl methyl sites for hydroxylation is 1. The number of pyridine rings is 1. The summed E-state index contributed by atoms with van der Waals surface area (Å²) in [5.74, 6) is 1.34. The Balaban J connectivity index is 1.67. The maximum absolute atomic E-state index is 13.3. The van der Waals surface area contributed by atoms with Crippen LogP contribution >= 0.6 is 0 Å². The van der Waals surface area contributed by atoms with Gasteiger partial charge < -0.3 is 9.47 Å². The molecular weight excluding hydrogens is 474 g/mol. The molecule has 2 heterocycles. The van der Waals surface area contributed by atoms with Crippen molar-refractivity contribution in [1.29, 1.82) is 0 Å². The second-order valence-electron chi connectivity index (χ2n) is 10.5. The van der Waals surface area contributed by atoms with Crippen molar-refractivity contribution >= 4 is 11.0 Å². The molecule has 5 rings (SSSR count). The standard InChI is InChI=1S/C32H33N3O3/c1-32(2,3)26-19-25(24-14-11-17-33-30(24)38-21-22-12-7-6-8-13-22)23(18-29(26)37-5)20-35-28-16-10-9-15-27(28)34(4)31(35)36/h6-19H,20-21H2,1-5H3. The van der Waals surface area contributed by atoms with Crippen molar-refractivity contribution in [2.75, 3.05) is 7.11 Å². The molecule has 0 fully saturated rings. The number of aromatic nitrogens is 3. The van der Waals surface area contributed by atoms with Crippen molar-refractivity contribution in [3.05, 3.63) is 112 Å². The Kier molecular flexibility index (Phi) is 6.81. The first kappa shape index (κ1) is 25.3. The highest BCUT2D eigenvalue weighted by Gasteiger charge is 2.24. The molecule has 0 atom stereocenters. The molecule has 38 heavy (non-hydrogen) atoms. The second kappa shape index (κ2) is 10.2. The fourth-order valence-corrected chi connectivity index (χ4v) is 4.88. The monoisotopic (exact) mass is 507 g/mol. The van der Waals surface area contributed by atoms with Gasteiger partial charge in [0.1, 0.15) is 12.4 Å². The largest absolute Gasteiger partial charge is 0.496 e. The quantitative estimate of drug-likeness (QED) is 0.258. The van der Waals surface area contributed by atoms with Gasteiger partial charge in [0.2, 0.25) is 5.88 Å². The van der Waals surface area contributed by atoms with E-state index in [0.29, 0.717) is 19.0 Å². The van der Waals surface area contributed by atoms with Crippen LogP contribution in [0.3, 0.4) is 0 Å². The van der Waals surface area contributed by atoms with Crippen LogP contribution in [0.4, 0.5) is 0 Å². The highest BCUT2D eigenvalue weighted by Crippen LogP contribution is 2.40. The lowest BCUT2D eigenvalue weighted by atomic mass is 9.83. The average molecular weight is 508 g/mol.